The molecule has 0 fully saturated rings. The molecule has 0 spiro atoms. The third kappa shape index (κ3) is 2.48. The summed E-state index contributed by atoms with van der Waals surface area (Å²) in [6, 6.07) is 0. The predicted molar refractivity (Wildman–Crippen MR) is 60.0 cm³/mol. The molecule has 0 heterocycles. The number of hydrogen-bond acceptors (Lipinski definition) is 0. The van der Waals surface area contributed by atoms with E-state index >= 15 is 0 Å². The first-order chi connectivity index (χ1) is 4.83. The Labute approximate surface area is 81.1 Å². The molecule has 0 atom stereocenters. The van der Waals surface area contributed by atoms with E-state index in [2.05, 4.69) is 55.5 Å². The molecular weight excluding hydrogens is 261 g/mol. The van der Waals surface area contributed by atoms with Crippen molar-refractivity contribution in [3.8, 4) is 0 Å². The van der Waals surface area contributed by atoms with Gasteiger partial charge in [0.2, 0.25) is 0 Å². The van der Waals surface area contributed by atoms with Crippen LogP contribution in [0.3, 0.4) is 0 Å². The van der Waals surface area contributed by atoms with Crippen molar-refractivity contribution < 1.29 is 0 Å². The molecular formula is C9H21BrGe. The molecule has 0 aromatic rings. The van der Waals surface area contributed by atoms with Crippen molar-refractivity contribution in [1.29, 1.82) is 0 Å². The summed E-state index contributed by atoms with van der Waals surface area (Å²) in [4.78, 5) is 0. The van der Waals surface area contributed by atoms with Crippen molar-refractivity contribution in [2.45, 2.75) is 55.8 Å². The number of halogens is 1. The molecule has 0 saturated heterocycles. The molecule has 0 nitrogen and oxygen atoms in total. The Bertz CT molecular complexity index is 97.0. The van der Waals surface area contributed by atoms with Crippen LogP contribution in [0.1, 0.15) is 41.5 Å². The zero-order valence-electron chi connectivity index (χ0n) is 8.61. The average Bonchev–Trinajstić information content (AvgIpc) is 1.84. The van der Waals surface area contributed by atoms with Crippen LogP contribution < -0.4 is 0 Å². The van der Waals surface area contributed by atoms with Crippen LogP contribution in [0, 0.1) is 0 Å². The fourth-order valence-corrected chi connectivity index (χ4v) is 10.4. The zero-order valence-corrected chi connectivity index (χ0v) is 12.3. The second-order valence-corrected chi connectivity index (χ2v) is 22.2. The normalized spacial score (nSPS) is 13.6. The van der Waals surface area contributed by atoms with Crippen LogP contribution in [-0.4, -0.2) is 11.4 Å². The average molecular weight is 282 g/mol. The van der Waals surface area contributed by atoms with Gasteiger partial charge in [-0.2, -0.15) is 0 Å². The Hall–Kier alpha value is 1.02. The van der Waals surface area contributed by atoms with E-state index in [0.29, 0.717) is 0 Å². The van der Waals surface area contributed by atoms with Gasteiger partial charge in [0, 0.05) is 0 Å². The van der Waals surface area contributed by atoms with Crippen LogP contribution in [0.4, 0.5) is 0 Å². The molecule has 0 unspecified atom stereocenters. The fourth-order valence-electron chi connectivity index (χ4n) is 2.00. The summed E-state index contributed by atoms with van der Waals surface area (Å²) < 4.78 is 2.65. The van der Waals surface area contributed by atoms with Crippen LogP contribution in [0.25, 0.3) is 0 Å². The molecule has 0 amide bonds. The van der Waals surface area contributed by atoms with Crippen LogP contribution in [0.15, 0.2) is 0 Å². The van der Waals surface area contributed by atoms with Gasteiger partial charge in [-0.05, 0) is 0 Å². The molecule has 0 bridgehead atoms. The molecule has 0 saturated carbocycles. The van der Waals surface area contributed by atoms with Crippen molar-refractivity contribution in [2.24, 2.45) is 0 Å². The fraction of sp³-hybridized carbons (Fsp3) is 1.00. The van der Waals surface area contributed by atoms with Gasteiger partial charge in [-0.25, -0.2) is 0 Å². The molecule has 0 aliphatic rings. The van der Waals surface area contributed by atoms with Crippen molar-refractivity contribution in [1.82, 2.24) is 0 Å². The van der Waals surface area contributed by atoms with Gasteiger partial charge in [0.25, 0.3) is 0 Å². The van der Waals surface area contributed by atoms with E-state index < -0.39 is 11.4 Å². The van der Waals surface area contributed by atoms with Crippen LogP contribution in [0.2, 0.25) is 14.3 Å². The Morgan fingerprint density at radius 3 is 0.909 bits per heavy atom. The first-order valence-corrected chi connectivity index (χ1v) is 13.1. The van der Waals surface area contributed by atoms with E-state index in [1.165, 1.54) is 0 Å². The Kier molecular flexibility index (Phi) is 4.71. The molecule has 2 heteroatoms. The Morgan fingerprint density at radius 1 is 0.727 bits per heavy atom. The van der Waals surface area contributed by atoms with Crippen LogP contribution in [-0.2, 0) is 0 Å². The Morgan fingerprint density at radius 2 is 0.909 bits per heavy atom. The van der Waals surface area contributed by atoms with Gasteiger partial charge in [0.1, 0.15) is 0 Å². The minimum absolute atomic E-state index is 0.884. The summed E-state index contributed by atoms with van der Waals surface area (Å²) in [7, 11) is 0. The van der Waals surface area contributed by atoms with Crippen molar-refractivity contribution in [3.05, 3.63) is 0 Å². The third-order valence-electron chi connectivity index (χ3n) is 2.65. The first kappa shape index (κ1) is 12.0. The van der Waals surface area contributed by atoms with Crippen LogP contribution >= 0.6 is 14.0 Å². The van der Waals surface area contributed by atoms with E-state index in [1.807, 2.05) is 0 Å². The summed E-state index contributed by atoms with van der Waals surface area (Å²) in [5, 5.41) is 0. The van der Waals surface area contributed by atoms with E-state index in [-0.39, 0.29) is 0 Å². The SMILES string of the molecule is C[CH](C)[Ge]([Br])([CH](C)C)[CH](C)C. The molecule has 0 aliphatic carbocycles. The van der Waals surface area contributed by atoms with Gasteiger partial charge >= 0.3 is 81.2 Å². The summed E-state index contributed by atoms with van der Waals surface area (Å²) in [5.74, 6) is 0. The zero-order chi connectivity index (χ0) is 9.23. The number of hydrogen-bond donors (Lipinski definition) is 0. The van der Waals surface area contributed by atoms with E-state index in [1.54, 1.807) is 0 Å². The summed E-state index contributed by atoms with van der Waals surface area (Å²) in [6.07, 6.45) is 0. The van der Waals surface area contributed by atoms with Gasteiger partial charge in [-0.15, -0.1) is 0 Å². The molecule has 0 aromatic heterocycles. The van der Waals surface area contributed by atoms with E-state index in [4.69, 9.17) is 0 Å². The number of rotatable bonds is 3. The quantitative estimate of drug-likeness (QED) is 0.666. The van der Waals surface area contributed by atoms with Gasteiger partial charge in [-0.3, -0.25) is 0 Å². The van der Waals surface area contributed by atoms with Gasteiger partial charge in [-0.1, -0.05) is 0 Å². The minimum atomic E-state index is -1.69. The second kappa shape index (κ2) is 4.31. The first-order valence-electron chi connectivity index (χ1n) is 4.52. The summed E-state index contributed by atoms with van der Waals surface area (Å²) in [6.45, 7) is 14.2. The summed E-state index contributed by atoms with van der Waals surface area (Å²) in [5.41, 5.74) is 0. The maximum absolute atomic E-state index is 4.07. The van der Waals surface area contributed by atoms with Gasteiger partial charge in [0.05, 0.1) is 0 Å². The second-order valence-electron chi connectivity index (χ2n) is 4.29. The molecule has 0 rings (SSSR count). The van der Waals surface area contributed by atoms with E-state index in [9.17, 15) is 0 Å². The Balaban J connectivity index is 4.53. The molecule has 68 valence electrons. The summed E-state index contributed by atoms with van der Waals surface area (Å²) >= 11 is 2.38. The standard InChI is InChI=1S/C9H21BrGe/c1-7(2)11(10,8(3)4)9(5)6/h7-9H,1-6H3. The van der Waals surface area contributed by atoms with E-state index in [0.717, 1.165) is 14.3 Å². The van der Waals surface area contributed by atoms with Crippen molar-refractivity contribution in [3.63, 3.8) is 0 Å². The molecule has 0 radical (unpaired) electrons. The predicted octanol–water partition coefficient (Wildman–Crippen LogP) is 4.56. The molecule has 11 heavy (non-hydrogen) atoms. The maximum atomic E-state index is 4.07. The van der Waals surface area contributed by atoms with Gasteiger partial charge < -0.3 is 0 Å². The molecule has 0 N–H and O–H groups in total. The topological polar surface area (TPSA) is 0 Å². The third-order valence-corrected chi connectivity index (χ3v) is 28.1. The van der Waals surface area contributed by atoms with Crippen molar-refractivity contribution >= 4 is 25.4 Å². The monoisotopic (exact) mass is 282 g/mol. The van der Waals surface area contributed by atoms with Crippen LogP contribution in [0.5, 0.6) is 0 Å². The molecule has 0 aliphatic heterocycles. The van der Waals surface area contributed by atoms with Crippen molar-refractivity contribution in [2.75, 3.05) is 0 Å². The molecule has 0 aromatic carbocycles. The van der Waals surface area contributed by atoms with Gasteiger partial charge in [0.15, 0.2) is 0 Å².